The van der Waals surface area contributed by atoms with Crippen LogP contribution in [0.3, 0.4) is 0 Å². The molecule has 0 radical (unpaired) electrons. The monoisotopic (exact) mass is 419 g/mol. The van der Waals surface area contributed by atoms with E-state index in [-0.39, 0.29) is 23.7 Å². The van der Waals surface area contributed by atoms with Crippen LogP contribution in [-0.2, 0) is 11.2 Å². The molecule has 1 aliphatic heterocycles. The highest BCUT2D eigenvalue weighted by atomic mass is 19.1. The Bertz CT molecular complexity index is 845. The third-order valence-corrected chi connectivity index (χ3v) is 5.88. The van der Waals surface area contributed by atoms with E-state index in [1.54, 1.807) is 0 Å². The largest absolute Gasteiger partial charge is 0.441 e. The predicted molar refractivity (Wildman–Crippen MR) is 112 cm³/mol. The lowest BCUT2D eigenvalue weighted by molar-refractivity contribution is -0.121. The van der Waals surface area contributed by atoms with Crippen LogP contribution in [0, 0.1) is 23.5 Å². The van der Waals surface area contributed by atoms with Crippen LogP contribution in [0.25, 0.3) is 11.3 Å². The molecule has 1 aliphatic rings. The van der Waals surface area contributed by atoms with Gasteiger partial charge in [0.1, 0.15) is 11.6 Å². The van der Waals surface area contributed by atoms with Crippen molar-refractivity contribution in [2.75, 3.05) is 19.6 Å². The third-order valence-electron chi connectivity index (χ3n) is 5.88. The summed E-state index contributed by atoms with van der Waals surface area (Å²) in [6, 6.07) is 3.62. The van der Waals surface area contributed by atoms with E-state index < -0.39 is 11.6 Å². The second kappa shape index (κ2) is 10.2. The van der Waals surface area contributed by atoms with Crippen LogP contribution < -0.4 is 5.32 Å². The number of aromatic nitrogens is 1. The summed E-state index contributed by atoms with van der Waals surface area (Å²) in [7, 11) is 0. The number of nitrogens with zero attached hydrogens (tertiary/aromatic N) is 2. The SMILES string of the molecule is CC1CCN(C(CNC(=O)CCc2ncc(-c3ccc(F)cc3F)o2)C(C)C)CC1. The van der Waals surface area contributed by atoms with E-state index in [0.717, 1.165) is 25.1 Å². The van der Waals surface area contributed by atoms with Gasteiger partial charge in [-0.25, -0.2) is 13.8 Å². The summed E-state index contributed by atoms with van der Waals surface area (Å²) in [6.07, 6.45) is 4.38. The highest BCUT2D eigenvalue weighted by Gasteiger charge is 2.26. The molecule has 2 heterocycles. The molecule has 1 saturated heterocycles. The predicted octanol–water partition coefficient (Wildman–Crippen LogP) is 4.43. The van der Waals surface area contributed by atoms with Gasteiger partial charge in [0.2, 0.25) is 5.91 Å². The van der Waals surface area contributed by atoms with Gasteiger partial charge in [-0.15, -0.1) is 0 Å². The number of hydrogen-bond acceptors (Lipinski definition) is 4. The lowest BCUT2D eigenvalue weighted by Crippen LogP contribution is -2.49. The molecule has 0 spiro atoms. The van der Waals surface area contributed by atoms with E-state index in [2.05, 4.69) is 36.0 Å². The first-order valence-corrected chi connectivity index (χ1v) is 10.7. The van der Waals surface area contributed by atoms with E-state index in [1.165, 1.54) is 31.2 Å². The van der Waals surface area contributed by atoms with Crippen LogP contribution in [0.4, 0.5) is 8.78 Å². The van der Waals surface area contributed by atoms with Crippen molar-refractivity contribution in [3.05, 3.63) is 41.9 Å². The second-order valence-electron chi connectivity index (χ2n) is 8.58. The number of benzene rings is 1. The highest BCUT2D eigenvalue weighted by Crippen LogP contribution is 2.25. The highest BCUT2D eigenvalue weighted by molar-refractivity contribution is 5.76. The Hall–Kier alpha value is -2.28. The van der Waals surface area contributed by atoms with Crippen LogP contribution >= 0.6 is 0 Å². The minimum Gasteiger partial charge on any atom is -0.441 e. The number of oxazole rings is 1. The molecule has 7 heteroatoms. The van der Waals surface area contributed by atoms with Crippen molar-refractivity contribution in [3.63, 3.8) is 0 Å². The summed E-state index contributed by atoms with van der Waals surface area (Å²) in [5.74, 6) is 0.403. The topological polar surface area (TPSA) is 58.4 Å². The Morgan fingerprint density at radius 2 is 2.03 bits per heavy atom. The second-order valence-corrected chi connectivity index (χ2v) is 8.58. The Kier molecular flexibility index (Phi) is 7.58. The van der Waals surface area contributed by atoms with E-state index in [9.17, 15) is 13.6 Å². The number of halogens is 2. The van der Waals surface area contributed by atoms with Gasteiger partial charge in [-0.05, 0) is 49.9 Å². The van der Waals surface area contributed by atoms with Gasteiger partial charge in [-0.1, -0.05) is 20.8 Å². The van der Waals surface area contributed by atoms with Crippen LogP contribution in [0.2, 0.25) is 0 Å². The molecule has 1 atom stereocenters. The summed E-state index contributed by atoms with van der Waals surface area (Å²) in [5, 5.41) is 3.04. The summed E-state index contributed by atoms with van der Waals surface area (Å²) in [5.41, 5.74) is 0.148. The van der Waals surface area contributed by atoms with Crippen LogP contribution in [0.1, 0.15) is 45.9 Å². The molecule has 1 amide bonds. The normalized spacial score (nSPS) is 16.7. The van der Waals surface area contributed by atoms with Crippen molar-refractivity contribution in [3.8, 4) is 11.3 Å². The Morgan fingerprint density at radius 1 is 1.30 bits per heavy atom. The van der Waals surface area contributed by atoms with Crippen molar-refractivity contribution in [1.29, 1.82) is 0 Å². The van der Waals surface area contributed by atoms with Gasteiger partial charge in [-0.2, -0.15) is 0 Å². The molecule has 0 saturated carbocycles. The average Bonchev–Trinajstić information content (AvgIpc) is 3.16. The molecule has 1 N–H and O–H groups in total. The van der Waals surface area contributed by atoms with E-state index in [0.29, 0.717) is 30.8 Å². The molecule has 164 valence electrons. The zero-order valence-electron chi connectivity index (χ0n) is 18.0. The Labute approximate surface area is 176 Å². The molecule has 2 aromatic rings. The number of hydrogen-bond donors (Lipinski definition) is 1. The van der Waals surface area contributed by atoms with Crippen molar-refractivity contribution in [1.82, 2.24) is 15.2 Å². The fourth-order valence-corrected chi connectivity index (χ4v) is 3.91. The molecule has 0 bridgehead atoms. The van der Waals surface area contributed by atoms with Crippen LogP contribution in [0.15, 0.2) is 28.8 Å². The molecule has 1 fully saturated rings. The molecule has 3 rings (SSSR count). The van der Waals surface area contributed by atoms with Crippen LogP contribution in [-0.4, -0.2) is 41.5 Å². The fraction of sp³-hybridized carbons (Fsp3) is 0.565. The van der Waals surface area contributed by atoms with Crippen molar-refractivity contribution >= 4 is 5.91 Å². The minimum atomic E-state index is -0.706. The smallest absolute Gasteiger partial charge is 0.220 e. The van der Waals surface area contributed by atoms with Gasteiger partial charge in [0.05, 0.1) is 11.8 Å². The molecular formula is C23H31F2N3O2. The Balaban J connectivity index is 1.49. The van der Waals surface area contributed by atoms with Crippen molar-refractivity contribution < 1.29 is 18.0 Å². The average molecular weight is 420 g/mol. The third kappa shape index (κ3) is 5.88. The lowest BCUT2D eigenvalue weighted by atomic mass is 9.94. The molecule has 30 heavy (non-hydrogen) atoms. The summed E-state index contributed by atoms with van der Waals surface area (Å²) >= 11 is 0. The number of carbonyl (C=O) groups is 1. The van der Waals surface area contributed by atoms with Crippen molar-refractivity contribution in [2.24, 2.45) is 11.8 Å². The zero-order valence-corrected chi connectivity index (χ0v) is 18.0. The van der Waals surface area contributed by atoms with Crippen LogP contribution in [0.5, 0.6) is 0 Å². The van der Waals surface area contributed by atoms with Gasteiger partial charge >= 0.3 is 0 Å². The summed E-state index contributed by atoms with van der Waals surface area (Å²) in [6.45, 7) is 9.47. The first kappa shape index (κ1) is 22.4. The van der Waals surface area contributed by atoms with Gasteiger partial charge < -0.3 is 9.73 Å². The summed E-state index contributed by atoms with van der Waals surface area (Å²) < 4.78 is 32.5. The number of aryl methyl sites for hydroxylation is 1. The number of nitrogens with one attached hydrogen (secondary N) is 1. The number of rotatable bonds is 8. The minimum absolute atomic E-state index is 0.0567. The molecule has 1 aromatic carbocycles. The maximum atomic E-state index is 13.9. The molecule has 0 aliphatic carbocycles. The first-order chi connectivity index (χ1) is 14.3. The zero-order chi connectivity index (χ0) is 21.7. The number of piperidine rings is 1. The number of amides is 1. The number of carbonyl (C=O) groups excluding carboxylic acids is 1. The first-order valence-electron chi connectivity index (χ1n) is 10.7. The molecular weight excluding hydrogens is 388 g/mol. The van der Waals surface area contributed by atoms with Gasteiger partial charge in [-0.3, -0.25) is 9.69 Å². The summed E-state index contributed by atoms with van der Waals surface area (Å²) in [4.78, 5) is 19.0. The quantitative estimate of drug-likeness (QED) is 0.688. The van der Waals surface area contributed by atoms with Gasteiger partial charge in [0.25, 0.3) is 0 Å². The maximum Gasteiger partial charge on any atom is 0.220 e. The molecule has 1 unspecified atom stereocenters. The van der Waals surface area contributed by atoms with E-state index in [1.807, 2.05) is 0 Å². The van der Waals surface area contributed by atoms with Gasteiger partial charge in [0.15, 0.2) is 11.7 Å². The van der Waals surface area contributed by atoms with E-state index in [4.69, 9.17) is 4.42 Å². The van der Waals surface area contributed by atoms with Gasteiger partial charge in [0, 0.05) is 31.5 Å². The molecule has 5 nitrogen and oxygen atoms in total. The fourth-order valence-electron chi connectivity index (χ4n) is 3.91. The lowest BCUT2D eigenvalue weighted by Gasteiger charge is -2.38. The Morgan fingerprint density at radius 3 is 2.70 bits per heavy atom. The van der Waals surface area contributed by atoms with Crippen molar-refractivity contribution in [2.45, 2.75) is 52.5 Å². The number of likely N-dealkylation sites (tertiary alicyclic amines) is 1. The molecule has 1 aromatic heterocycles. The standard InChI is InChI=1S/C23H31F2N3O2/c1-15(2)20(28-10-8-16(3)9-11-28)13-26-22(29)6-7-23-27-14-21(30-23)18-5-4-17(24)12-19(18)25/h4-5,12,14-16,20H,6-11,13H2,1-3H3,(H,26,29). The maximum absolute atomic E-state index is 13.9. The van der Waals surface area contributed by atoms with E-state index >= 15 is 0 Å².